The number of hydrogen-bond acceptors (Lipinski definition) is 0. The van der Waals surface area contributed by atoms with Crippen LogP contribution in [0.15, 0.2) is 53.3 Å². The van der Waals surface area contributed by atoms with Crippen molar-refractivity contribution in [2.45, 2.75) is 19.4 Å². The maximum Gasteiger partial charge on any atom is 0.0256 e. The zero-order chi connectivity index (χ0) is 13.3. The number of aromatic nitrogens is 1. The van der Waals surface area contributed by atoms with Crippen LogP contribution in [0, 0.1) is 23.7 Å². The van der Waals surface area contributed by atoms with Crippen molar-refractivity contribution in [1.29, 1.82) is 0 Å². The highest BCUT2D eigenvalue weighted by Gasteiger charge is 1.87. The Morgan fingerprint density at radius 3 is 2.47 bits per heavy atom. The van der Waals surface area contributed by atoms with Crippen molar-refractivity contribution in [2.75, 3.05) is 0 Å². The number of nitrogens with zero attached hydrogens (tertiary/aromatic N) is 1. The molecule has 1 aromatic heterocycles. The fourth-order valence-corrected chi connectivity index (χ4v) is 1.88. The summed E-state index contributed by atoms with van der Waals surface area (Å²) in [6.07, 6.45) is 6.08. The van der Waals surface area contributed by atoms with Gasteiger partial charge in [-0.25, -0.2) is 0 Å². The van der Waals surface area contributed by atoms with E-state index in [0.29, 0.717) is 0 Å². The summed E-state index contributed by atoms with van der Waals surface area (Å²) in [6, 6.07) is 12.0. The van der Waals surface area contributed by atoms with Gasteiger partial charge in [-0.3, -0.25) is 0 Å². The van der Waals surface area contributed by atoms with Gasteiger partial charge in [-0.1, -0.05) is 27.8 Å². The largest absolute Gasteiger partial charge is 0.354 e. The van der Waals surface area contributed by atoms with Crippen molar-refractivity contribution in [3.05, 3.63) is 58.8 Å². The Morgan fingerprint density at radius 1 is 1.00 bits per heavy atom. The Labute approximate surface area is 122 Å². The van der Waals surface area contributed by atoms with E-state index in [9.17, 15) is 0 Å². The summed E-state index contributed by atoms with van der Waals surface area (Å²) in [7, 11) is 0. The lowest BCUT2D eigenvalue weighted by atomic mass is 10.2. The number of unbranched alkanes of at least 4 members (excludes halogenated alkanes) is 1. The lowest BCUT2D eigenvalue weighted by Gasteiger charge is -1.97. The maximum atomic E-state index is 3.39. The molecule has 0 aliphatic heterocycles. The third kappa shape index (κ3) is 5.08. The molecule has 0 aliphatic carbocycles. The van der Waals surface area contributed by atoms with Gasteiger partial charge in [0.1, 0.15) is 0 Å². The molecule has 0 saturated heterocycles. The normalized spacial score (nSPS) is 9.11. The molecule has 19 heavy (non-hydrogen) atoms. The van der Waals surface area contributed by atoms with Crippen LogP contribution in [0.1, 0.15) is 18.4 Å². The monoisotopic (exact) mass is 311 g/mol. The summed E-state index contributed by atoms with van der Waals surface area (Å²) < 4.78 is 3.23. The molecule has 0 atom stereocenters. The Kier molecular flexibility index (Phi) is 5.35. The second-order valence-electron chi connectivity index (χ2n) is 4.08. The lowest BCUT2D eigenvalue weighted by Crippen LogP contribution is -1.92. The van der Waals surface area contributed by atoms with Crippen molar-refractivity contribution in [3.63, 3.8) is 0 Å². The maximum absolute atomic E-state index is 3.39. The molecule has 1 aromatic carbocycles. The molecule has 0 fully saturated rings. The van der Waals surface area contributed by atoms with Gasteiger partial charge in [-0.05, 0) is 54.7 Å². The first kappa shape index (κ1) is 13.5. The quantitative estimate of drug-likeness (QED) is 0.594. The van der Waals surface area contributed by atoms with Gasteiger partial charge in [-0.2, -0.15) is 0 Å². The predicted molar refractivity (Wildman–Crippen MR) is 82.5 cm³/mol. The van der Waals surface area contributed by atoms with Crippen LogP contribution in [0.25, 0.3) is 0 Å². The fourth-order valence-electron chi connectivity index (χ4n) is 1.61. The number of hydrogen-bond donors (Lipinski definition) is 0. The second kappa shape index (κ2) is 7.52. The van der Waals surface area contributed by atoms with E-state index in [2.05, 4.69) is 56.6 Å². The first-order chi connectivity index (χ1) is 9.34. The van der Waals surface area contributed by atoms with Crippen LogP contribution in [-0.2, 0) is 6.54 Å². The summed E-state index contributed by atoms with van der Waals surface area (Å²) in [5.74, 6) is 11.9. The third-order valence-corrected chi connectivity index (χ3v) is 3.11. The Balaban J connectivity index is 1.74. The van der Waals surface area contributed by atoms with Crippen LogP contribution >= 0.6 is 15.9 Å². The van der Waals surface area contributed by atoms with Gasteiger partial charge in [0.15, 0.2) is 0 Å². The molecule has 94 valence electrons. The van der Waals surface area contributed by atoms with E-state index < -0.39 is 0 Å². The zero-order valence-corrected chi connectivity index (χ0v) is 12.2. The molecule has 0 N–H and O–H groups in total. The molecular formula is C17H14BrN. The molecule has 0 aliphatic rings. The molecule has 0 unspecified atom stereocenters. The van der Waals surface area contributed by atoms with Crippen molar-refractivity contribution < 1.29 is 0 Å². The average Bonchev–Trinajstić information content (AvgIpc) is 2.93. The molecule has 2 aromatic rings. The van der Waals surface area contributed by atoms with Crippen LogP contribution < -0.4 is 0 Å². The van der Waals surface area contributed by atoms with E-state index >= 15 is 0 Å². The molecule has 2 heteroatoms. The van der Waals surface area contributed by atoms with Crippen LogP contribution in [0.5, 0.6) is 0 Å². The van der Waals surface area contributed by atoms with Crippen molar-refractivity contribution in [1.82, 2.24) is 4.57 Å². The molecule has 2 rings (SSSR count). The van der Waals surface area contributed by atoms with Crippen molar-refractivity contribution in [2.24, 2.45) is 0 Å². The van der Waals surface area contributed by atoms with Crippen LogP contribution in [0.4, 0.5) is 0 Å². The molecule has 0 saturated carbocycles. The summed E-state index contributed by atoms with van der Waals surface area (Å²) in [4.78, 5) is 0. The highest BCUT2D eigenvalue weighted by atomic mass is 79.9. The molecular weight excluding hydrogens is 298 g/mol. The molecule has 0 spiro atoms. The third-order valence-electron chi connectivity index (χ3n) is 2.59. The van der Waals surface area contributed by atoms with Gasteiger partial charge >= 0.3 is 0 Å². The van der Waals surface area contributed by atoms with E-state index in [1.165, 1.54) is 0 Å². The smallest absolute Gasteiger partial charge is 0.0256 e. The summed E-state index contributed by atoms with van der Waals surface area (Å²) in [5, 5.41) is 0. The minimum atomic E-state index is 0.882. The molecule has 0 radical (unpaired) electrons. The number of halogens is 1. The number of aryl methyl sites for hydroxylation is 1. The highest BCUT2D eigenvalue weighted by molar-refractivity contribution is 9.10. The lowest BCUT2D eigenvalue weighted by molar-refractivity contribution is 0.659. The van der Waals surface area contributed by atoms with E-state index in [1.54, 1.807) is 0 Å². The van der Waals surface area contributed by atoms with Gasteiger partial charge in [0.25, 0.3) is 0 Å². The van der Waals surface area contributed by atoms with Gasteiger partial charge in [-0.15, -0.1) is 0 Å². The topological polar surface area (TPSA) is 4.93 Å². The van der Waals surface area contributed by atoms with Crippen LogP contribution in [-0.4, -0.2) is 4.57 Å². The van der Waals surface area contributed by atoms with Crippen LogP contribution in [0.3, 0.4) is 0 Å². The molecule has 0 bridgehead atoms. The standard InChI is InChI=1S/C17H14BrN/c18-17-11-9-16(10-12-17)8-4-2-1-3-5-13-19-14-6-7-15-19/h6-7,9-12,14-15H,3,5,13H2. The van der Waals surface area contributed by atoms with E-state index in [4.69, 9.17) is 0 Å². The Morgan fingerprint density at radius 2 is 1.74 bits per heavy atom. The van der Waals surface area contributed by atoms with E-state index in [0.717, 1.165) is 29.4 Å². The van der Waals surface area contributed by atoms with Crippen molar-refractivity contribution in [3.8, 4) is 23.7 Å². The highest BCUT2D eigenvalue weighted by Crippen LogP contribution is 2.09. The second-order valence-corrected chi connectivity index (χ2v) is 5.00. The first-order valence-corrected chi connectivity index (χ1v) is 6.99. The fraction of sp³-hybridized carbons (Fsp3) is 0.176. The SMILES string of the molecule is Brc1ccc(C#CC#CCCCn2cccc2)cc1. The van der Waals surface area contributed by atoms with E-state index in [1.807, 2.05) is 36.4 Å². The molecule has 0 amide bonds. The Hall–Kier alpha value is -1.90. The van der Waals surface area contributed by atoms with E-state index in [-0.39, 0.29) is 0 Å². The summed E-state index contributed by atoms with van der Waals surface area (Å²) >= 11 is 3.39. The first-order valence-electron chi connectivity index (χ1n) is 6.20. The van der Waals surface area contributed by atoms with Gasteiger partial charge < -0.3 is 4.57 Å². The minimum Gasteiger partial charge on any atom is -0.354 e. The predicted octanol–water partition coefficient (Wildman–Crippen LogP) is 4.09. The van der Waals surface area contributed by atoms with Gasteiger partial charge in [0.2, 0.25) is 0 Å². The summed E-state index contributed by atoms with van der Waals surface area (Å²) in [5.41, 5.74) is 0.991. The van der Waals surface area contributed by atoms with Crippen molar-refractivity contribution >= 4 is 15.9 Å². The number of benzene rings is 1. The average molecular weight is 312 g/mol. The molecule has 1 heterocycles. The minimum absolute atomic E-state index is 0.882. The number of rotatable bonds is 3. The Bertz CT molecular complexity index is 616. The summed E-state index contributed by atoms with van der Waals surface area (Å²) in [6.45, 7) is 1.02. The van der Waals surface area contributed by atoms with Gasteiger partial charge in [0.05, 0.1) is 0 Å². The van der Waals surface area contributed by atoms with Gasteiger partial charge in [0, 0.05) is 35.4 Å². The molecule has 1 nitrogen and oxygen atoms in total. The van der Waals surface area contributed by atoms with Crippen LogP contribution in [0.2, 0.25) is 0 Å². The zero-order valence-electron chi connectivity index (χ0n) is 10.6.